The third kappa shape index (κ3) is 5.79. The fraction of sp³-hybridized carbons (Fsp3) is 0.286. The van der Waals surface area contributed by atoms with E-state index in [1.807, 2.05) is 49.4 Å². The lowest BCUT2D eigenvalue weighted by Gasteiger charge is -2.25. The molecule has 1 atom stereocenters. The summed E-state index contributed by atoms with van der Waals surface area (Å²) in [6.07, 6.45) is 3.86. The molecule has 1 aliphatic rings. The van der Waals surface area contributed by atoms with Crippen LogP contribution in [0.1, 0.15) is 25.5 Å². The van der Waals surface area contributed by atoms with E-state index in [4.69, 9.17) is 21.1 Å². The number of aliphatic hydroxyl groups is 1. The highest BCUT2D eigenvalue weighted by Gasteiger charge is 2.49. The van der Waals surface area contributed by atoms with Crippen LogP contribution in [0.4, 0.5) is 11.5 Å². The number of halogens is 1. The Morgan fingerprint density at radius 2 is 1.97 bits per heavy atom. The van der Waals surface area contributed by atoms with E-state index in [0.717, 1.165) is 5.69 Å². The maximum absolute atomic E-state index is 12.4. The van der Waals surface area contributed by atoms with Crippen LogP contribution >= 0.6 is 11.6 Å². The average Bonchev–Trinajstić information content (AvgIpc) is 3.67. The van der Waals surface area contributed by atoms with Crippen molar-refractivity contribution in [3.8, 4) is 11.5 Å². The van der Waals surface area contributed by atoms with Crippen molar-refractivity contribution in [1.29, 1.82) is 0 Å². The minimum atomic E-state index is -1.21. The fourth-order valence-corrected chi connectivity index (χ4v) is 4.38. The van der Waals surface area contributed by atoms with E-state index in [-0.39, 0.29) is 12.0 Å². The minimum Gasteiger partial charge on any atom is -0.488 e. The first-order valence-corrected chi connectivity index (χ1v) is 12.7. The molecule has 2 aromatic carbocycles. The number of amides is 1. The number of hydrogen-bond acceptors (Lipinski definition) is 8. The molecule has 10 heteroatoms. The molecule has 1 aliphatic carbocycles. The van der Waals surface area contributed by atoms with Crippen molar-refractivity contribution >= 4 is 39.9 Å². The van der Waals surface area contributed by atoms with E-state index >= 15 is 0 Å². The Morgan fingerprint density at radius 3 is 2.71 bits per heavy atom. The zero-order chi connectivity index (χ0) is 26.7. The van der Waals surface area contributed by atoms with Gasteiger partial charge in [0.25, 0.3) is 5.91 Å². The Hall–Kier alpha value is -3.95. The van der Waals surface area contributed by atoms with Crippen LogP contribution in [0, 0.1) is 0 Å². The van der Waals surface area contributed by atoms with Crippen LogP contribution in [0.2, 0.25) is 5.02 Å². The largest absolute Gasteiger partial charge is 0.488 e. The van der Waals surface area contributed by atoms with Gasteiger partial charge >= 0.3 is 0 Å². The van der Waals surface area contributed by atoms with Crippen LogP contribution in [0.15, 0.2) is 67.1 Å². The molecule has 1 unspecified atom stereocenters. The van der Waals surface area contributed by atoms with Crippen LogP contribution in [-0.4, -0.2) is 56.2 Å². The van der Waals surface area contributed by atoms with Crippen molar-refractivity contribution in [1.82, 2.24) is 19.9 Å². The summed E-state index contributed by atoms with van der Waals surface area (Å²) in [5.74, 6) is 1.39. The minimum absolute atomic E-state index is 0.277. The van der Waals surface area contributed by atoms with Crippen molar-refractivity contribution in [3.05, 3.63) is 77.8 Å². The predicted octanol–water partition coefficient (Wildman–Crippen LogP) is 4.75. The second-order valence-electron chi connectivity index (χ2n) is 9.40. The molecule has 0 bridgehead atoms. The van der Waals surface area contributed by atoms with Crippen molar-refractivity contribution in [2.45, 2.75) is 38.1 Å². The van der Waals surface area contributed by atoms with Crippen LogP contribution in [0.25, 0.3) is 10.9 Å². The first-order chi connectivity index (χ1) is 18.3. The molecule has 4 aromatic rings. The van der Waals surface area contributed by atoms with Gasteiger partial charge in [-0.3, -0.25) is 9.78 Å². The van der Waals surface area contributed by atoms with Gasteiger partial charge in [0.05, 0.1) is 28.2 Å². The third-order valence-electron chi connectivity index (χ3n) is 6.25. The molecule has 2 N–H and O–H groups in total. The van der Waals surface area contributed by atoms with Gasteiger partial charge in [-0.1, -0.05) is 23.7 Å². The zero-order valence-electron chi connectivity index (χ0n) is 21.1. The highest BCUT2D eigenvalue weighted by atomic mass is 35.5. The first kappa shape index (κ1) is 25.7. The molecular formula is C28H28ClN5O4. The monoisotopic (exact) mass is 533 g/mol. The lowest BCUT2D eigenvalue weighted by atomic mass is 10.2. The van der Waals surface area contributed by atoms with Gasteiger partial charge in [0.2, 0.25) is 0 Å². The Bertz CT molecular complexity index is 1440. The quantitative estimate of drug-likeness (QED) is 0.300. The summed E-state index contributed by atoms with van der Waals surface area (Å²) in [5, 5.41) is 14.6. The number of nitrogens with one attached hydrogen (secondary N) is 1. The lowest BCUT2D eigenvalue weighted by molar-refractivity contribution is -0.142. The smallest absolute Gasteiger partial charge is 0.254 e. The highest BCUT2D eigenvalue weighted by Crippen LogP contribution is 2.37. The van der Waals surface area contributed by atoms with Crippen molar-refractivity contribution in [3.63, 3.8) is 0 Å². The lowest BCUT2D eigenvalue weighted by Crippen LogP contribution is -2.42. The van der Waals surface area contributed by atoms with Crippen molar-refractivity contribution < 1.29 is 19.4 Å². The molecule has 38 heavy (non-hydrogen) atoms. The second-order valence-corrected chi connectivity index (χ2v) is 9.81. The number of benzene rings is 2. The zero-order valence-corrected chi connectivity index (χ0v) is 21.9. The Labute approximate surface area is 225 Å². The normalized spacial score (nSPS) is 14.5. The van der Waals surface area contributed by atoms with Gasteiger partial charge < -0.3 is 24.8 Å². The van der Waals surface area contributed by atoms with Gasteiger partial charge in [0.1, 0.15) is 42.0 Å². The van der Waals surface area contributed by atoms with Crippen LogP contribution < -0.4 is 14.8 Å². The Morgan fingerprint density at radius 1 is 1.13 bits per heavy atom. The van der Waals surface area contributed by atoms with Gasteiger partial charge in [-0.05, 0) is 62.2 Å². The third-order valence-corrected chi connectivity index (χ3v) is 6.54. The maximum Gasteiger partial charge on any atom is 0.254 e. The summed E-state index contributed by atoms with van der Waals surface area (Å²) < 4.78 is 12.1. The average molecular weight is 534 g/mol. The fourth-order valence-electron chi connectivity index (χ4n) is 4.15. The summed E-state index contributed by atoms with van der Waals surface area (Å²) in [4.78, 5) is 27.0. The Balaban J connectivity index is 1.31. The molecule has 9 nitrogen and oxygen atoms in total. The SMILES string of the molecule is CC(CN(C)C(=O)C1(O)CC1)Oc1cccc2ncnc(Nc3ccc(OCc4ccccn4)c(Cl)c3)c12. The molecule has 2 heterocycles. The number of anilines is 2. The molecule has 196 valence electrons. The molecule has 0 radical (unpaired) electrons. The number of hydrogen-bond donors (Lipinski definition) is 2. The van der Waals surface area contributed by atoms with Gasteiger partial charge in [-0.2, -0.15) is 0 Å². The molecule has 0 saturated heterocycles. The highest BCUT2D eigenvalue weighted by molar-refractivity contribution is 6.32. The molecule has 0 aliphatic heterocycles. The Kier molecular flexibility index (Phi) is 7.31. The summed E-state index contributed by atoms with van der Waals surface area (Å²) in [5.41, 5.74) is 1.01. The van der Waals surface area contributed by atoms with Crippen LogP contribution in [0.3, 0.4) is 0 Å². The molecule has 1 fully saturated rings. The van der Waals surface area contributed by atoms with E-state index < -0.39 is 5.60 Å². The van der Waals surface area contributed by atoms with Gasteiger partial charge in [0, 0.05) is 18.9 Å². The number of rotatable bonds is 10. The number of pyridine rings is 1. The second kappa shape index (κ2) is 10.8. The van der Waals surface area contributed by atoms with Crippen LogP contribution in [0.5, 0.6) is 11.5 Å². The van der Waals surface area contributed by atoms with E-state index in [9.17, 15) is 9.90 Å². The number of carbonyl (C=O) groups is 1. The number of likely N-dealkylation sites (N-methyl/N-ethyl adjacent to an activating group) is 1. The number of ether oxygens (including phenoxy) is 2. The van der Waals surface area contributed by atoms with Crippen LogP contribution in [-0.2, 0) is 11.4 Å². The van der Waals surface area contributed by atoms with Gasteiger partial charge in [-0.15, -0.1) is 0 Å². The summed E-state index contributed by atoms with van der Waals surface area (Å²) in [7, 11) is 1.67. The van der Waals surface area contributed by atoms with Crippen molar-refractivity contribution in [2.75, 3.05) is 18.9 Å². The molecule has 1 amide bonds. The predicted molar refractivity (Wildman–Crippen MR) is 145 cm³/mol. The maximum atomic E-state index is 12.4. The molecule has 2 aromatic heterocycles. The number of fused-ring (bicyclic) bond motifs is 1. The summed E-state index contributed by atoms with van der Waals surface area (Å²) in [6, 6.07) is 16.6. The van der Waals surface area contributed by atoms with E-state index in [2.05, 4.69) is 20.3 Å². The van der Waals surface area contributed by atoms with Gasteiger partial charge in [0.15, 0.2) is 0 Å². The summed E-state index contributed by atoms with van der Waals surface area (Å²) >= 11 is 6.50. The molecule has 5 rings (SSSR count). The number of aromatic nitrogens is 3. The van der Waals surface area contributed by atoms with E-state index in [0.29, 0.717) is 64.9 Å². The first-order valence-electron chi connectivity index (χ1n) is 12.3. The molecular weight excluding hydrogens is 506 g/mol. The standard InChI is InChI=1S/C28H28ClN5O4/c1-18(15-34(2)27(35)28(36)11-12-28)38-24-8-5-7-22-25(24)26(32-17-31-22)33-19-9-10-23(21(29)14-19)37-16-20-6-3-4-13-30-20/h3-10,13-14,17-18,36H,11-12,15-16H2,1-2H3,(H,31,32,33). The number of carbonyl (C=O) groups excluding carboxylic acids is 1. The topological polar surface area (TPSA) is 110 Å². The van der Waals surface area contributed by atoms with E-state index in [1.54, 1.807) is 25.4 Å². The molecule has 1 saturated carbocycles. The van der Waals surface area contributed by atoms with E-state index in [1.165, 1.54) is 11.2 Å². The van der Waals surface area contributed by atoms with Crippen molar-refractivity contribution in [2.24, 2.45) is 0 Å². The summed E-state index contributed by atoms with van der Waals surface area (Å²) in [6.45, 7) is 2.51. The number of nitrogens with zero attached hydrogens (tertiary/aromatic N) is 4. The van der Waals surface area contributed by atoms with Gasteiger partial charge in [-0.25, -0.2) is 9.97 Å². The molecule has 0 spiro atoms.